The van der Waals surface area contributed by atoms with Gasteiger partial charge in [-0.25, -0.2) is 17.9 Å². The minimum absolute atomic E-state index is 0.330. The third kappa shape index (κ3) is 5.52. The molecule has 0 aliphatic carbocycles. The summed E-state index contributed by atoms with van der Waals surface area (Å²) in [7, 11) is -3.28. The number of anilines is 2. The number of fused-ring (bicyclic) bond motifs is 2. The van der Waals surface area contributed by atoms with Crippen molar-refractivity contribution in [2.24, 2.45) is 0 Å². The van der Waals surface area contributed by atoms with Crippen LogP contribution in [0.4, 0.5) is 16.3 Å². The summed E-state index contributed by atoms with van der Waals surface area (Å²) in [6.45, 7) is 2.94. The maximum atomic E-state index is 13.1. The number of urea groups is 1. The molecule has 2 N–H and O–H groups in total. The number of sulfonamides is 1. The van der Waals surface area contributed by atoms with E-state index < -0.39 is 10.0 Å². The Bertz CT molecular complexity index is 1560. The van der Waals surface area contributed by atoms with Gasteiger partial charge in [0.1, 0.15) is 5.82 Å². The van der Waals surface area contributed by atoms with Gasteiger partial charge in [-0.05, 0) is 54.0 Å². The quantitative estimate of drug-likeness (QED) is 0.346. The number of hydrogen-bond donors (Lipinski definition) is 2. The van der Waals surface area contributed by atoms with E-state index in [9.17, 15) is 13.2 Å². The number of aryl methyl sites for hydroxylation is 1. The maximum Gasteiger partial charge on any atom is 0.324 e. The molecule has 0 saturated heterocycles. The number of carbonyl (C=O) groups excluding carboxylic acids is 1. The van der Waals surface area contributed by atoms with Crippen LogP contribution in [0.2, 0.25) is 0 Å². The molecule has 4 aromatic rings. The van der Waals surface area contributed by atoms with Crippen LogP contribution in [0.3, 0.4) is 0 Å². The summed E-state index contributed by atoms with van der Waals surface area (Å²) in [6, 6.07) is 21.2. The molecule has 3 aromatic carbocycles. The molecule has 1 aromatic heterocycles. The average molecular weight is 518 g/mol. The Kier molecular flexibility index (Phi) is 6.99. The summed E-state index contributed by atoms with van der Waals surface area (Å²) in [4.78, 5) is 13.1. The fourth-order valence-electron chi connectivity index (χ4n) is 4.73. The Morgan fingerprint density at radius 1 is 1.00 bits per heavy atom. The Labute approximate surface area is 217 Å². The van der Waals surface area contributed by atoms with Gasteiger partial charge in [-0.15, -0.1) is 0 Å². The summed E-state index contributed by atoms with van der Waals surface area (Å²) in [5.41, 5.74) is 4.47. The van der Waals surface area contributed by atoms with E-state index >= 15 is 0 Å². The standard InChI is InChI=1S/C28H31N5O3S/c1-3-4-10-23-18-27(30-28(34)29-26-12-7-9-21-8-5-6-11-25(21)26)33(31-23)24-14-13-20-15-16-32(37(2,35)36)19-22(20)17-24/h5-9,11-14,17-18H,3-4,10,15-16,19H2,1-2H3,(H2,29,30,34). The molecular weight excluding hydrogens is 486 g/mol. The molecule has 8 nitrogen and oxygen atoms in total. The van der Waals surface area contributed by atoms with Gasteiger partial charge in [-0.2, -0.15) is 9.40 Å². The van der Waals surface area contributed by atoms with Gasteiger partial charge in [0.05, 0.1) is 23.3 Å². The molecule has 1 aliphatic rings. The van der Waals surface area contributed by atoms with E-state index in [-0.39, 0.29) is 6.03 Å². The molecule has 0 fully saturated rings. The number of unbranched alkanes of at least 4 members (excludes halogenated alkanes) is 1. The van der Waals surface area contributed by atoms with Crippen molar-refractivity contribution in [1.29, 1.82) is 0 Å². The lowest BCUT2D eigenvalue weighted by Gasteiger charge is -2.27. The zero-order chi connectivity index (χ0) is 26.0. The SMILES string of the molecule is CCCCc1cc(NC(=O)Nc2cccc3ccccc23)n(-c2ccc3c(c2)CN(S(C)(=O)=O)CC3)n1. The summed E-state index contributed by atoms with van der Waals surface area (Å²) < 4.78 is 27.5. The fourth-order valence-corrected chi connectivity index (χ4v) is 5.53. The number of nitrogens with one attached hydrogen (secondary N) is 2. The molecule has 9 heteroatoms. The van der Waals surface area contributed by atoms with E-state index in [1.165, 1.54) is 10.6 Å². The van der Waals surface area contributed by atoms with Gasteiger partial charge in [-0.3, -0.25) is 5.32 Å². The number of nitrogens with zero attached hydrogens (tertiary/aromatic N) is 3. The molecule has 192 valence electrons. The van der Waals surface area contributed by atoms with Crippen molar-refractivity contribution in [2.45, 2.75) is 39.2 Å². The van der Waals surface area contributed by atoms with Crippen molar-refractivity contribution in [1.82, 2.24) is 14.1 Å². The Hall–Kier alpha value is -3.69. The van der Waals surface area contributed by atoms with Gasteiger partial charge in [0.25, 0.3) is 0 Å². The number of rotatable bonds is 7. The molecule has 1 aliphatic heterocycles. The van der Waals surface area contributed by atoms with Gasteiger partial charge >= 0.3 is 6.03 Å². The lowest BCUT2D eigenvalue weighted by Crippen LogP contribution is -2.35. The van der Waals surface area contributed by atoms with E-state index in [0.29, 0.717) is 25.3 Å². The lowest BCUT2D eigenvalue weighted by molar-refractivity contribution is 0.262. The largest absolute Gasteiger partial charge is 0.324 e. The van der Waals surface area contributed by atoms with Gasteiger partial charge in [0.2, 0.25) is 10.0 Å². The highest BCUT2D eigenvalue weighted by molar-refractivity contribution is 7.88. The summed E-state index contributed by atoms with van der Waals surface area (Å²) >= 11 is 0. The van der Waals surface area contributed by atoms with Crippen molar-refractivity contribution >= 4 is 38.3 Å². The molecule has 0 bridgehead atoms. The number of hydrogen-bond acceptors (Lipinski definition) is 4. The summed E-state index contributed by atoms with van der Waals surface area (Å²) in [6.07, 6.45) is 4.74. The third-order valence-electron chi connectivity index (χ3n) is 6.71. The molecule has 2 amide bonds. The van der Waals surface area contributed by atoms with E-state index in [1.807, 2.05) is 66.7 Å². The summed E-state index contributed by atoms with van der Waals surface area (Å²) in [5, 5.41) is 12.7. The Morgan fingerprint density at radius 3 is 2.62 bits per heavy atom. The maximum absolute atomic E-state index is 13.1. The normalized spacial score (nSPS) is 13.9. The first kappa shape index (κ1) is 25.0. The highest BCUT2D eigenvalue weighted by atomic mass is 32.2. The predicted molar refractivity (Wildman–Crippen MR) is 148 cm³/mol. The van der Waals surface area contributed by atoms with Crippen molar-refractivity contribution < 1.29 is 13.2 Å². The molecule has 5 rings (SSSR count). The van der Waals surface area contributed by atoms with Crippen molar-refractivity contribution in [2.75, 3.05) is 23.4 Å². The van der Waals surface area contributed by atoms with Gasteiger partial charge in [-0.1, -0.05) is 55.8 Å². The number of aromatic nitrogens is 2. The van der Waals surface area contributed by atoms with E-state index in [1.54, 1.807) is 4.68 Å². The Balaban J connectivity index is 1.44. The first-order chi connectivity index (χ1) is 17.8. The van der Waals surface area contributed by atoms with Crippen LogP contribution in [0.1, 0.15) is 36.6 Å². The van der Waals surface area contributed by atoms with Crippen LogP contribution < -0.4 is 10.6 Å². The lowest BCUT2D eigenvalue weighted by atomic mass is 10.0. The molecule has 2 heterocycles. The minimum Gasteiger partial charge on any atom is -0.307 e. The van der Waals surface area contributed by atoms with E-state index in [2.05, 4.69) is 17.6 Å². The second kappa shape index (κ2) is 10.4. The summed E-state index contributed by atoms with van der Waals surface area (Å²) in [5.74, 6) is 0.555. The zero-order valence-corrected chi connectivity index (χ0v) is 21.9. The van der Waals surface area contributed by atoms with Crippen LogP contribution >= 0.6 is 0 Å². The van der Waals surface area contributed by atoms with Crippen molar-refractivity contribution in [3.63, 3.8) is 0 Å². The first-order valence-electron chi connectivity index (χ1n) is 12.5. The van der Waals surface area contributed by atoms with E-state index in [4.69, 9.17) is 5.10 Å². The van der Waals surface area contributed by atoms with Crippen LogP contribution in [-0.2, 0) is 29.4 Å². The predicted octanol–water partition coefficient (Wildman–Crippen LogP) is 5.33. The Morgan fingerprint density at radius 2 is 1.81 bits per heavy atom. The van der Waals surface area contributed by atoms with Gasteiger partial charge in [0, 0.05) is 24.5 Å². The van der Waals surface area contributed by atoms with Crippen molar-refractivity contribution in [3.05, 3.63) is 83.6 Å². The van der Waals surface area contributed by atoms with Crippen LogP contribution in [0.15, 0.2) is 66.7 Å². The molecule has 0 atom stereocenters. The molecule has 0 spiro atoms. The second-order valence-corrected chi connectivity index (χ2v) is 11.4. The third-order valence-corrected chi connectivity index (χ3v) is 7.96. The number of carbonyl (C=O) groups is 1. The molecule has 0 unspecified atom stereocenters. The topological polar surface area (TPSA) is 96.3 Å². The van der Waals surface area contributed by atoms with E-state index in [0.717, 1.165) is 58.2 Å². The monoisotopic (exact) mass is 517 g/mol. The van der Waals surface area contributed by atoms with Crippen molar-refractivity contribution in [3.8, 4) is 5.69 Å². The fraction of sp³-hybridized carbons (Fsp3) is 0.286. The first-order valence-corrected chi connectivity index (χ1v) is 14.4. The smallest absolute Gasteiger partial charge is 0.307 e. The van der Waals surface area contributed by atoms with Gasteiger partial charge < -0.3 is 5.32 Å². The molecule has 0 saturated carbocycles. The van der Waals surface area contributed by atoms with Crippen LogP contribution in [-0.4, -0.2) is 41.3 Å². The number of amides is 2. The molecule has 37 heavy (non-hydrogen) atoms. The minimum atomic E-state index is -3.28. The second-order valence-electron chi connectivity index (χ2n) is 9.44. The number of benzene rings is 3. The highest BCUT2D eigenvalue weighted by Gasteiger charge is 2.24. The zero-order valence-electron chi connectivity index (χ0n) is 21.1. The average Bonchev–Trinajstić information content (AvgIpc) is 3.28. The van der Waals surface area contributed by atoms with Crippen LogP contribution in [0.25, 0.3) is 16.5 Å². The van der Waals surface area contributed by atoms with Crippen LogP contribution in [0.5, 0.6) is 0 Å². The molecule has 0 radical (unpaired) electrons. The highest BCUT2D eigenvalue weighted by Crippen LogP contribution is 2.27. The molecular formula is C28H31N5O3S. The van der Waals surface area contributed by atoms with Gasteiger partial charge in [0.15, 0.2) is 0 Å². The van der Waals surface area contributed by atoms with Crippen LogP contribution in [0, 0.1) is 0 Å².